The van der Waals surface area contributed by atoms with E-state index in [0.29, 0.717) is 12.1 Å². The third-order valence-corrected chi connectivity index (χ3v) is 3.09. The fourth-order valence-corrected chi connectivity index (χ4v) is 2.12. The summed E-state index contributed by atoms with van der Waals surface area (Å²) in [5.74, 6) is 0. The van der Waals surface area contributed by atoms with Gasteiger partial charge in [-0.25, -0.2) is 4.98 Å². The molecule has 2 aromatic rings. The van der Waals surface area contributed by atoms with Crippen LogP contribution in [-0.4, -0.2) is 4.98 Å². The fourth-order valence-electron chi connectivity index (χ4n) is 1.29. The van der Waals surface area contributed by atoms with Crippen LogP contribution in [0.25, 0.3) is 10.6 Å². The molecule has 0 bridgehead atoms. The van der Waals surface area contributed by atoms with Crippen molar-refractivity contribution in [3.63, 3.8) is 0 Å². The van der Waals surface area contributed by atoms with Crippen molar-refractivity contribution in [2.45, 2.75) is 6.54 Å². The van der Waals surface area contributed by atoms with Gasteiger partial charge in [0.2, 0.25) is 0 Å². The van der Waals surface area contributed by atoms with Gasteiger partial charge >= 0.3 is 0 Å². The Labute approximate surface area is 91.8 Å². The highest BCUT2D eigenvalue weighted by Gasteiger charge is 2.07. The van der Waals surface area contributed by atoms with Crippen LogP contribution in [0.5, 0.6) is 0 Å². The van der Waals surface area contributed by atoms with E-state index in [0.717, 1.165) is 15.4 Å². The first-order valence-corrected chi connectivity index (χ1v) is 5.31. The molecule has 0 amide bonds. The van der Waals surface area contributed by atoms with E-state index in [-0.39, 0.29) is 0 Å². The molecule has 74 valence electrons. The Morgan fingerprint density at radius 3 is 2.87 bits per heavy atom. The van der Waals surface area contributed by atoms with Crippen molar-refractivity contribution in [3.8, 4) is 16.6 Å². The maximum absolute atomic E-state index is 8.95. The van der Waals surface area contributed by atoms with Crippen molar-refractivity contribution in [1.82, 2.24) is 4.98 Å². The summed E-state index contributed by atoms with van der Waals surface area (Å²) in [6, 6.07) is 9.60. The van der Waals surface area contributed by atoms with Gasteiger partial charge in [0, 0.05) is 23.2 Å². The van der Waals surface area contributed by atoms with Crippen LogP contribution in [0.3, 0.4) is 0 Å². The molecular formula is C11H9N3S. The third kappa shape index (κ3) is 1.89. The minimum absolute atomic E-state index is 0.492. The molecule has 0 aliphatic heterocycles. The summed E-state index contributed by atoms with van der Waals surface area (Å²) in [6.07, 6.45) is 1.76. The largest absolute Gasteiger partial charge is 0.326 e. The molecule has 0 radical (unpaired) electrons. The second kappa shape index (κ2) is 4.22. The molecule has 15 heavy (non-hydrogen) atoms. The molecule has 3 nitrogen and oxygen atoms in total. The van der Waals surface area contributed by atoms with Gasteiger partial charge in [-0.1, -0.05) is 18.2 Å². The van der Waals surface area contributed by atoms with E-state index < -0.39 is 0 Å². The van der Waals surface area contributed by atoms with Gasteiger partial charge in [-0.3, -0.25) is 0 Å². The fraction of sp³-hybridized carbons (Fsp3) is 0.0909. The van der Waals surface area contributed by atoms with Gasteiger partial charge in [0.25, 0.3) is 0 Å². The molecule has 1 aromatic carbocycles. The predicted octanol–water partition coefficient (Wildman–Crippen LogP) is 2.14. The summed E-state index contributed by atoms with van der Waals surface area (Å²) < 4.78 is 0. The van der Waals surface area contributed by atoms with E-state index in [9.17, 15) is 0 Å². The average molecular weight is 215 g/mol. The molecule has 0 aliphatic rings. The highest BCUT2D eigenvalue weighted by Crippen LogP contribution is 2.27. The number of benzene rings is 1. The zero-order valence-corrected chi connectivity index (χ0v) is 8.79. The molecule has 2 N–H and O–H groups in total. The number of nitrogens with two attached hydrogens (primary N) is 1. The Balaban J connectivity index is 2.49. The lowest BCUT2D eigenvalue weighted by Gasteiger charge is -1.97. The lowest BCUT2D eigenvalue weighted by molar-refractivity contribution is 1.10. The molecule has 0 spiro atoms. The van der Waals surface area contributed by atoms with Gasteiger partial charge in [0.05, 0.1) is 11.6 Å². The van der Waals surface area contributed by atoms with Gasteiger partial charge in [0.1, 0.15) is 5.01 Å². The van der Waals surface area contributed by atoms with Crippen LogP contribution in [0.1, 0.15) is 10.4 Å². The van der Waals surface area contributed by atoms with Crippen LogP contribution in [0.15, 0.2) is 30.5 Å². The lowest BCUT2D eigenvalue weighted by atomic mass is 10.1. The van der Waals surface area contributed by atoms with Crippen LogP contribution < -0.4 is 5.73 Å². The highest BCUT2D eigenvalue weighted by atomic mass is 32.1. The van der Waals surface area contributed by atoms with Crippen molar-refractivity contribution in [2.75, 3.05) is 0 Å². The number of hydrogen-bond acceptors (Lipinski definition) is 4. The Bertz CT molecular complexity index is 511. The monoisotopic (exact) mass is 215 g/mol. The van der Waals surface area contributed by atoms with Gasteiger partial charge in [0.15, 0.2) is 0 Å². The summed E-state index contributed by atoms with van der Waals surface area (Å²) in [5, 5.41) is 9.80. The van der Waals surface area contributed by atoms with Gasteiger partial charge in [-0.05, 0) is 6.07 Å². The van der Waals surface area contributed by atoms with Crippen LogP contribution in [-0.2, 0) is 6.54 Å². The summed E-state index contributed by atoms with van der Waals surface area (Å²) >= 11 is 1.53. The van der Waals surface area contributed by atoms with Gasteiger partial charge in [-0.2, -0.15) is 5.26 Å². The van der Waals surface area contributed by atoms with Crippen LogP contribution in [0.2, 0.25) is 0 Å². The Morgan fingerprint density at radius 2 is 2.20 bits per heavy atom. The first-order chi connectivity index (χ1) is 7.35. The number of nitrogens with zero attached hydrogens (tertiary/aromatic N) is 2. The first kappa shape index (κ1) is 9.84. The Hall–Kier alpha value is -1.70. The van der Waals surface area contributed by atoms with Crippen molar-refractivity contribution in [2.24, 2.45) is 5.73 Å². The zero-order valence-electron chi connectivity index (χ0n) is 7.97. The molecule has 4 heteroatoms. The predicted molar refractivity (Wildman–Crippen MR) is 60.2 cm³/mol. The zero-order chi connectivity index (χ0) is 10.7. The maximum Gasteiger partial charge on any atom is 0.124 e. The molecule has 2 rings (SSSR count). The number of rotatable bonds is 2. The lowest BCUT2D eigenvalue weighted by Crippen LogP contribution is -1.91. The van der Waals surface area contributed by atoms with E-state index in [2.05, 4.69) is 11.1 Å². The molecular weight excluding hydrogens is 206 g/mol. The maximum atomic E-state index is 8.95. The Kier molecular flexibility index (Phi) is 2.77. The topological polar surface area (TPSA) is 62.7 Å². The number of aromatic nitrogens is 1. The number of thiazole rings is 1. The van der Waals surface area contributed by atoms with E-state index in [1.165, 1.54) is 11.3 Å². The highest BCUT2D eigenvalue weighted by molar-refractivity contribution is 7.15. The summed E-state index contributed by atoms with van der Waals surface area (Å²) in [5.41, 5.74) is 7.05. The summed E-state index contributed by atoms with van der Waals surface area (Å²) in [7, 11) is 0. The molecule has 0 unspecified atom stereocenters. The van der Waals surface area contributed by atoms with Gasteiger partial charge in [-0.15, -0.1) is 11.3 Å². The summed E-state index contributed by atoms with van der Waals surface area (Å²) in [6.45, 7) is 0.492. The Morgan fingerprint density at radius 1 is 1.40 bits per heavy atom. The average Bonchev–Trinajstić information content (AvgIpc) is 2.77. The van der Waals surface area contributed by atoms with E-state index in [1.54, 1.807) is 12.3 Å². The number of hydrogen-bond donors (Lipinski definition) is 1. The normalized spacial score (nSPS) is 9.87. The standard InChI is InChI=1S/C11H9N3S/c12-5-8-3-1-2-4-10(8)11-14-7-9(6-13)15-11/h1-4,7H,6,13H2. The van der Waals surface area contributed by atoms with Crippen LogP contribution in [0, 0.1) is 11.3 Å². The minimum atomic E-state index is 0.492. The molecule has 0 aliphatic carbocycles. The smallest absolute Gasteiger partial charge is 0.124 e. The second-order valence-corrected chi connectivity index (χ2v) is 4.11. The number of nitriles is 1. The molecule has 0 saturated heterocycles. The minimum Gasteiger partial charge on any atom is -0.326 e. The summed E-state index contributed by atoms with van der Waals surface area (Å²) in [4.78, 5) is 5.28. The third-order valence-electron chi connectivity index (χ3n) is 2.03. The molecule has 1 aromatic heterocycles. The van der Waals surface area contributed by atoms with E-state index in [4.69, 9.17) is 11.0 Å². The van der Waals surface area contributed by atoms with Crippen molar-refractivity contribution in [1.29, 1.82) is 5.26 Å². The van der Waals surface area contributed by atoms with Crippen molar-refractivity contribution >= 4 is 11.3 Å². The second-order valence-electron chi connectivity index (χ2n) is 2.99. The van der Waals surface area contributed by atoms with Crippen LogP contribution in [0.4, 0.5) is 0 Å². The first-order valence-electron chi connectivity index (χ1n) is 4.49. The van der Waals surface area contributed by atoms with Crippen molar-refractivity contribution in [3.05, 3.63) is 40.9 Å². The van der Waals surface area contributed by atoms with Gasteiger partial charge < -0.3 is 5.73 Å². The molecule has 0 fully saturated rings. The van der Waals surface area contributed by atoms with Crippen LogP contribution >= 0.6 is 11.3 Å². The molecule has 1 heterocycles. The molecule has 0 atom stereocenters. The van der Waals surface area contributed by atoms with E-state index >= 15 is 0 Å². The van der Waals surface area contributed by atoms with Crippen molar-refractivity contribution < 1.29 is 0 Å². The molecule has 0 saturated carbocycles. The quantitative estimate of drug-likeness (QED) is 0.834. The van der Waals surface area contributed by atoms with E-state index in [1.807, 2.05) is 18.2 Å². The SMILES string of the molecule is N#Cc1ccccc1-c1ncc(CN)s1.